The predicted molar refractivity (Wildman–Crippen MR) is 127 cm³/mol. The van der Waals surface area contributed by atoms with E-state index >= 15 is 0 Å². The van der Waals surface area contributed by atoms with Gasteiger partial charge in [-0.15, -0.1) is 11.3 Å². The van der Waals surface area contributed by atoms with Gasteiger partial charge in [0.05, 0.1) is 30.2 Å². The van der Waals surface area contributed by atoms with Crippen molar-refractivity contribution in [3.63, 3.8) is 0 Å². The largest absolute Gasteiger partial charge is 0.481 e. The molecule has 1 aromatic carbocycles. The molecule has 3 heterocycles. The number of carbonyl (C=O) groups is 1. The second-order valence-corrected chi connectivity index (χ2v) is 9.55. The van der Waals surface area contributed by atoms with Crippen molar-refractivity contribution >= 4 is 23.2 Å². The molecular formula is C24H26FN5O3S. The summed E-state index contributed by atoms with van der Waals surface area (Å²) in [4.78, 5) is 29.7. The van der Waals surface area contributed by atoms with Crippen molar-refractivity contribution in [2.75, 3.05) is 32.6 Å². The van der Waals surface area contributed by atoms with Crippen LogP contribution in [0, 0.1) is 5.82 Å². The third-order valence-electron chi connectivity index (χ3n) is 6.02. The minimum absolute atomic E-state index is 0.0229. The number of thiazole rings is 1. The highest BCUT2D eigenvalue weighted by Gasteiger charge is 2.33. The van der Waals surface area contributed by atoms with Crippen molar-refractivity contribution in [3.05, 3.63) is 46.9 Å². The number of ether oxygens (including phenoxy) is 2. The standard InChI is InChI=1S/C24H26FN5O3S/c1-32-18-12-19(33-2)28-24(27-18)26-17-4-3-11-30(13-17)23(31)20-21(14-7-9-16(25)10-8-14)34-22(29-20)15-5-6-15/h7-10,12,15,17H,3-6,11,13H2,1-2H3,(H,26,27,28)/t17-/m1/s1. The number of nitrogens with one attached hydrogen (secondary N) is 1. The number of likely N-dealkylation sites (tertiary alicyclic amines) is 1. The quantitative estimate of drug-likeness (QED) is 0.534. The Hall–Kier alpha value is -3.27. The van der Waals surface area contributed by atoms with Crippen LogP contribution in [0.5, 0.6) is 11.8 Å². The highest BCUT2D eigenvalue weighted by atomic mass is 32.1. The molecule has 1 saturated heterocycles. The number of nitrogens with zero attached hydrogens (tertiary/aromatic N) is 4. The first kappa shape index (κ1) is 22.5. The summed E-state index contributed by atoms with van der Waals surface area (Å²) in [6, 6.07) is 7.85. The van der Waals surface area contributed by atoms with Crippen LogP contribution >= 0.6 is 11.3 Å². The number of anilines is 1. The molecule has 8 nitrogen and oxygen atoms in total. The zero-order valence-corrected chi connectivity index (χ0v) is 19.9. The number of hydrogen-bond acceptors (Lipinski definition) is 8. The zero-order valence-electron chi connectivity index (χ0n) is 19.1. The number of methoxy groups -OCH3 is 2. The molecule has 0 radical (unpaired) electrons. The fraction of sp³-hybridized carbons (Fsp3) is 0.417. The third-order valence-corrected chi connectivity index (χ3v) is 7.29. The van der Waals surface area contributed by atoms with Gasteiger partial charge in [0.25, 0.3) is 5.91 Å². The smallest absolute Gasteiger partial charge is 0.274 e. The van der Waals surface area contributed by atoms with E-state index in [1.165, 1.54) is 26.4 Å². The Bertz CT molecular complexity index is 1160. The first-order valence-electron chi connectivity index (χ1n) is 11.3. The summed E-state index contributed by atoms with van der Waals surface area (Å²) in [7, 11) is 3.07. The molecule has 2 aromatic heterocycles. The zero-order chi connectivity index (χ0) is 23.7. The maximum Gasteiger partial charge on any atom is 0.274 e. The fourth-order valence-corrected chi connectivity index (χ4v) is 5.30. The summed E-state index contributed by atoms with van der Waals surface area (Å²) in [5.74, 6) is 1.23. The molecule has 3 aromatic rings. The average Bonchev–Trinajstić information content (AvgIpc) is 3.62. The molecule has 1 aliphatic heterocycles. The average molecular weight is 484 g/mol. The van der Waals surface area contributed by atoms with Gasteiger partial charge < -0.3 is 19.7 Å². The maximum absolute atomic E-state index is 13.6. The lowest BCUT2D eigenvalue weighted by Crippen LogP contribution is -2.45. The van der Waals surface area contributed by atoms with Crippen LogP contribution in [0.3, 0.4) is 0 Å². The Labute approximate surface area is 201 Å². The molecule has 0 spiro atoms. The van der Waals surface area contributed by atoms with E-state index in [1.807, 2.05) is 4.90 Å². The number of aromatic nitrogens is 3. The number of rotatable bonds is 7. The van der Waals surface area contributed by atoms with Gasteiger partial charge in [0.2, 0.25) is 17.7 Å². The first-order chi connectivity index (χ1) is 16.5. The third kappa shape index (κ3) is 4.82. The topological polar surface area (TPSA) is 89.5 Å². The molecule has 178 valence electrons. The van der Waals surface area contributed by atoms with Crippen LogP contribution in [0.15, 0.2) is 30.3 Å². The van der Waals surface area contributed by atoms with Gasteiger partial charge in [-0.05, 0) is 43.4 Å². The van der Waals surface area contributed by atoms with E-state index in [2.05, 4.69) is 15.3 Å². The highest BCUT2D eigenvalue weighted by Crippen LogP contribution is 2.45. The van der Waals surface area contributed by atoms with E-state index in [-0.39, 0.29) is 17.8 Å². The lowest BCUT2D eigenvalue weighted by Gasteiger charge is -2.33. The van der Waals surface area contributed by atoms with Gasteiger partial charge in [-0.3, -0.25) is 4.79 Å². The van der Waals surface area contributed by atoms with E-state index in [0.717, 1.165) is 41.1 Å². The van der Waals surface area contributed by atoms with Crippen LogP contribution in [-0.2, 0) is 0 Å². The van der Waals surface area contributed by atoms with E-state index in [4.69, 9.17) is 14.5 Å². The molecule has 5 rings (SSSR count). The van der Waals surface area contributed by atoms with Crippen molar-refractivity contribution in [2.45, 2.75) is 37.6 Å². The van der Waals surface area contributed by atoms with Crippen molar-refractivity contribution in [1.82, 2.24) is 19.9 Å². The van der Waals surface area contributed by atoms with Crippen LogP contribution in [-0.4, -0.2) is 59.1 Å². The fourth-order valence-electron chi connectivity index (χ4n) is 4.07. The number of amides is 1. The second kappa shape index (κ2) is 9.54. The van der Waals surface area contributed by atoms with Crippen LogP contribution < -0.4 is 14.8 Å². The second-order valence-electron chi connectivity index (χ2n) is 8.52. The van der Waals surface area contributed by atoms with Crippen molar-refractivity contribution < 1.29 is 18.7 Å². The van der Waals surface area contributed by atoms with Gasteiger partial charge in [-0.25, -0.2) is 9.37 Å². The minimum atomic E-state index is -0.301. The molecule has 1 N–H and O–H groups in total. The first-order valence-corrected chi connectivity index (χ1v) is 12.1. The summed E-state index contributed by atoms with van der Waals surface area (Å²) in [6.45, 7) is 1.15. The van der Waals surface area contributed by atoms with Gasteiger partial charge in [0.15, 0.2) is 0 Å². The lowest BCUT2D eigenvalue weighted by atomic mass is 10.0. The van der Waals surface area contributed by atoms with E-state index in [1.54, 1.807) is 29.5 Å². The molecule has 34 heavy (non-hydrogen) atoms. The number of halogens is 1. The monoisotopic (exact) mass is 483 g/mol. The van der Waals surface area contributed by atoms with Gasteiger partial charge in [-0.1, -0.05) is 12.1 Å². The molecular weight excluding hydrogens is 457 g/mol. The van der Waals surface area contributed by atoms with Gasteiger partial charge in [0, 0.05) is 25.0 Å². The predicted octanol–water partition coefficient (Wildman–Crippen LogP) is 4.35. The molecule has 10 heteroatoms. The Morgan fingerprint density at radius 1 is 1.09 bits per heavy atom. The molecule has 1 saturated carbocycles. The highest BCUT2D eigenvalue weighted by molar-refractivity contribution is 7.15. The number of carbonyl (C=O) groups excluding carboxylic acids is 1. The molecule has 1 atom stereocenters. The number of piperidine rings is 1. The minimum Gasteiger partial charge on any atom is -0.481 e. The van der Waals surface area contributed by atoms with Crippen molar-refractivity contribution in [1.29, 1.82) is 0 Å². The Kier molecular flexibility index (Phi) is 6.32. The summed E-state index contributed by atoms with van der Waals surface area (Å²) >= 11 is 1.55. The van der Waals surface area contributed by atoms with Gasteiger partial charge in [0.1, 0.15) is 11.5 Å². The normalized spacial score (nSPS) is 18.0. The van der Waals surface area contributed by atoms with E-state index < -0.39 is 0 Å². The van der Waals surface area contributed by atoms with Crippen molar-refractivity contribution in [3.8, 4) is 22.2 Å². The van der Waals surface area contributed by atoms with Crippen LogP contribution in [0.2, 0.25) is 0 Å². The lowest BCUT2D eigenvalue weighted by molar-refractivity contribution is 0.0710. The Balaban J connectivity index is 1.36. The summed E-state index contributed by atoms with van der Waals surface area (Å²) in [5, 5.41) is 4.31. The van der Waals surface area contributed by atoms with E-state index in [0.29, 0.717) is 42.4 Å². The summed E-state index contributed by atoms with van der Waals surface area (Å²) < 4.78 is 23.9. The maximum atomic E-state index is 13.6. The van der Waals surface area contributed by atoms with Crippen LogP contribution in [0.25, 0.3) is 10.4 Å². The SMILES string of the molecule is COc1cc(OC)nc(N[C@@H]2CCCN(C(=O)c3nc(C4CC4)sc3-c3ccc(F)cc3)C2)n1. The van der Waals surface area contributed by atoms with Crippen molar-refractivity contribution in [2.24, 2.45) is 0 Å². The Morgan fingerprint density at radius 3 is 2.44 bits per heavy atom. The number of benzene rings is 1. The molecule has 1 amide bonds. The molecule has 1 aliphatic carbocycles. The molecule has 0 unspecified atom stereocenters. The van der Waals surface area contributed by atoms with Crippen LogP contribution in [0.1, 0.15) is 47.1 Å². The molecule has 2 fully saturated rings. The summed E-state index contributed by atoms with van der Waals surface area (Å²) in [5.41, 5.74) is 1.27. The Morgan fingerprint density at radius 2 is 1.79 bits per heavy atom. The van der Waals surface area contributed by atoms with Gasteiger partial charge >= 0.3 is 0 Å². The van der Waals surface area contributed by atoms with Crippen LogP contribution in [0.4, 0.5) is 10.3 Å². The molecule has 0 bridgehead atoms. The number of hydrogen-bond donors (Lipinski definition) is 1. The summed E-state index contributed by atoms with van der Waals surface area (Å²) in [6.07, 6.45) is 3.92. The molecule has 2 aliphatic rings. The van der Waals surface area contributed by atoms with Gasteiger partial charge in [-0.2, -0.15) is 9.97 Å². The van der Waals surface area contributed by atoms with E-state index in [9.17, 15) is 9.18 Å².